The monoisotopic (exact) mass is 420 g/mol. The Kier molecular flexibility index (Phi) is 6.01. The van der Waals surface area contributed by atoms with Gasteiger partial charge >= 0.3 is 6.03 Å². The molecule has 4 amide bonds. The highest BCUT2D eigenvalue weighted by Crippen LogP contribution is 2.26. The van der Waals surface area contributed by atoms with Crippen molar-refractivity contribution in [1.82, 2.24) is 14.7 Å². The molecule has 2 saturated heterocycles. The predicted octanol–water partition coefficient (Wildman–Crippen LogP) is 2.25. The third-order valence-corrected chi connectivity index (χ3v) is 7.26. The normalized spacial score (nSPS) is 21.6. The number of rotatable bonds is 5. The van der Waals surface area contributed by atoms with Gasteiger partial charge in [-0.25, -0.2) is 4.79 Å². The molecule has 0 spiro atoms. The fourth-order valence-corrected chi connectivity index (χ4v) is 5.82. The molecule has 1 aromatic rings. The summed E-state index contributed by atoms with van der Waals surface area (Å²) in [6, 6.07) is 7.30. The molecule has 1 aromatic carbocycles. The second-order valence-electron chi connectivity index (χ2n) is 7.13. The SMILES string of the molecule is O=C1Nc2ccccc2CN1CCCC(=O)N1CSC[C@H]1C(=O)N1CCSC1. The molecule has 28 heavy (non-hydrogen) atoms. The van der Waals surface area contributed by atoms with Crippen LogP contribution in [0.4, 0.5) is 10.5 Å². The van der Waals surface area contributed by atoms with Crippen LogP contribution < -0.4 is 5.32 Å². The third-order valence-electron chi connectivity index (χ3n) is 5.28. The molecule has 1 N–H and O–H groups in total. The van der Waals surface area contributed by atoms with Crippen LogP contribution in [0, 0.1) is 0 Å². The summed E-state index contributed by atoms with van der Waals surface area (Å²) in [5.41, 5.74) is 1.94. The Labute approximate surface area is 173 Å². The Bertz CT molecular complexity index is 769. The van der Waals surface area contributed by atoms with Gasteiger partial charge in [-0.2, -0.15) is 0 Å². The number of thioether (sulfide) groups is 2. The number of urea groups is 1. The maximum atomic E-state index is 12.7. The minimum Gasteiger partial charge on any atom is -0.331 e. The van der Waals surface area contributed by atoms with Crippen molar-refractivity contribution in [2.24, 2.45) is 0 Å². The number of amides is 4. The van der Waals surface area contributed by atoms with Gasteiger partial charge in [0.2, 0.25) is 11.8 Å². The van der Waals surface area contributed by atoms with E-state index in [-0.39, 0.29) is 23.9 Å². The zero-order valence-electron chi connectivity index (χ0n) is 15.6. The number of nitrogens with one attached hydrogen (secondary N) is 1. The smallest absolute Gasteiger partial charge is 0.322 e. The molecular weight excluding hydrogens is 396 g/mol. The van der Waals surface area contributed by atoms with Crippen molar-refractivity contribution in [3.05, 3.63) is 29.8 Å². The van der Waals surface area contributed by atoms with Crippen molar-refractivity contribution in [1.29, 1.82) is 0 Å². The average Bonchev–Trinajstić information content (AvgIpc) is 3.40. The number of carbonyl (C=O) groups excluding carboxylic acids is 3. The van der Waals surface area contributed by atoms with E-state index in [4.69, 9.17) is 0 Å². The van der Waals surface area contributed by atoms with E-state index in [0.29, 0.717) is 37.6 Å². The van der Waals surface area contributed by atoms with Gasteiger partial charge in [0, 0.05) is 43.2 Å². The van der Waals surface area contributed by atoms with Crippen molar-refractivity contribution in [2.45, 2.75) is 25.4 Å². The van der Waals surface area contributed by atoms with Gasteiger partial charge in [-0.05, 0) is 18.1 Å². The van der Waals surface area contributed by atoms with E-state index in [9.17, 15) is 14.4 Å². The van der Waals surface area contributed by atoms with Crippen molar-refractivity contribution in [3.63, 3.8) is 0 Å². The number of benzene rings is 1. The van der Waals surface area contributed by atoms with Crippen LogP contribution in [-0.4, -0.2) is 74.9 Å². The summed E-state index contributed by atoms with van der Waals surface area (Å²) < 4.78 is 0. The summed E-state index contributed by atoms with van der Waals surface area (Å²) in [6.45, 7) is 1.86. The Morgan fingerprint density at radius 2 is 2.04 bits per heavy atom. The van der Waals surface area contributed by atoms with Crippen molar-refractivity contribution < 1.29 is 14.4 Å². The van der Waals surface area contributed by atoms with E-state index in [1.807, 2.05) is 29.2 Å². The van der Waals surface area contributed by atoms with Crippen LogP contribution in [0.5, 0.6) is 0 Å². The molecule has 0 radical (unpaired) electrons. The van der Waals surface area contributed by atoms with Gasteiger partial charge in [0.15, 0.2) is 0 Å². The Morgan fingerprint density at radius 3 is 2.86 bits per heavy atom. The summed E-state index contributed by atoms with van der Waals surface area (Å²) in [7, 11) is 0. The number of hydrogen-bond donors (Lipinski definition) is 1. The van der Waals surface area contributed by atoms with Gasteiger partial charge in [0.1, 0.15) is 6.04 Å². The number of anilines is 1. The molecule has 3 heterocycles. The number of hydrogen-bond acceptors (Lipinski definition) is 5. The summed E-state index contributed by atoms with van der Waals surface area (Å²) in [5, 5.41) is 2.89. The minimum atomic E-state index is -0.332. The highest BCUT2D eigenvalue weighted by Gasteiger charge is 2.37. The molecule has 2 fully saturated rings. The van der Waals surface area contributed by atoms with Crippen LogP contribution in [0.3, 0.4) is 0 Å². The molecule has 3 aliphatic rings. The average molecular weight is 421 g/mol. The topological polar surface area (TPSA) is 73.0 Å². The lowest BCUT2D eigenvalue weighted by Gasteiger charge is -2.30. The largest absolute Gasteiger partial charge is 0.331 e. The van der Waals surface area contributed by atoms with E-state index < -0.39 is 0 Å². The number of carbonyl (C=O) groups is 3. The van der Waals surface area contributed by atoms with E-state index in [2.05, 4.69) is 5.32 Å². The summed E-state index contributed by atoms with van der Waals surface area (Å²) >= 11 is 3.39. The minimum absolute atomic E-state index is 0.00742. The number of fused-ring (bicyclic) bond motifs is 1. The first-order valence-electron chi connectivity index (χ1n) is 9.51. The lowest BCUT2D eigenvalue weighted by molar-refractivity contribution is -0.142. The molecule has 0 bridgehead atoms. The predicted molar refractivity (Wildman–Crippen MR) is 112 cm³/mol. The van der Waals surface area contributed by atoms with Gasteiger partial charge in [0.05, 0.1) is 11.8 Å². The molecule has 0 aromatic heterocycles. The Balaban J connectivity index is 1.28. The fourth-order valence-electron chi connectivity index (χ4n) is 3.69. The van der Waals surface area contributed by atoms with Crippen molar-refractivity contribution in [2.75, 3.05) is 41.7 Å². The molecule has 7 nitrogen and oxygen atoms in total. The van der Waals surface area contributed by atoms with Gasteiger partial charge in [-0.1, -0.05) is 18.2 Å². The van der Waals surface area contributed by atoms with Crippen LogP contribution in [0.1, 0.15) is 18.4 Å². The van der Waals surface area contributed by atoms with Crippen molar-refractivity contribution >= 4 is 47.1 Å². The van der Waals surface area contributed by atoms with E-state index >= 15 is 0 Å². The fraction of sp³-hybridized carbons (Fsp3) is 0.526. The second kappa shape index (κ2) is 8.65. The Morgan fingerprint density at radius 1 is 1.18 bits per heavy atom. The molecule has 1 atom stereocenters. The Hall–Kier alpha value is -1.87. The first-order valence-corrected chi connectivity index (χ1v) is 11.8. The highest BCUT2D eigenvalue weighted by atomic mass is 32.2. The number of para-hydroxylation sites is 1. The van der Waals surface area contributed by atoms with E-state index in [1.54, 1.807) is 33.3 Å². The van der Waals surface area contributed by atoms with Crippen LogP contribution in [0.25, 0.3) is 0 Å². The maximum absolute atomic E-state index is 12.7. The summed E-state index contributed by atoms with van der Waals surface area (Å²) in [5.74, 6) is 3.04. The third kappa shape index (κ3) is 4.10. The standard InChI is InChI=1S/C19H24N4O3S2/c24-17(23-13-28-11-16(23)18(25)22-8-9-27-12-22)6-3-7-21-10-14-4-1-2-5-15(14)20-19(21)26/h1-2,4-5,16H,3,6-13H2,(H,20,26)/t16-/m0/s1. The van der Waals surface area contributed by atoms with E-state index in [1.165, 1.54) is 0 Å². The second-order valence-corrected chi connectivity index (χ2v) is 9.21. The lowest BCUT2D eigenvalue weighted by atomic mass is 10.1. The summed E-state index contributed by atoms with van der Waals surface area (Å²) in [6.07, 6.45) is 0.945. The molecular formula is C19H24N4O3S2. The van der Waals surface area contributed by atoms with Gasteiger partial charge in [0.25, 0.3) is 0 Å². The van der Waals surface area contributed by atoms with Crippen LogP contribution in [0.15, 0.2) is 24.3 Å². The first-order chi connectivity index (χ1) is 13.6. The molecule has 0 unspecified atom stereocenters. The lowest BCUT2D eigenvalue weighted by Crippen LogP contribution is -2.48. The van der Waals surface area contributed by atoms with Gasteiger partial charge in [-0.15, -0.1) is 23.5 Å². The molecule has 3 aliphatic heterocycles. The first kappa shape index (κ1) is 19.4. The van der Waals surface area contributed by atoms with Gasteiger partial charge < -0.3 is 20.0 Å². The molecule has 4 rings (SSSR count). The molecule has 150 valence electrons. The summed E-state index contributed by atoms with van der Waals surface area (Å²) in [4.78, 5) is 43.0. The van der Waals surface area contributed by atoms with Crippen molar-refractivity contribution in [3.8, 4) is 0 Å². The van der Waals surface area contributed by atoms with Crippen LogP contribution >= 0.6 is 23.5 Å². The molecule has 0 saturated carbocycles. The zero-order chi connectivity index (χ0) is 19.5. The quantitative estimate of drug-likeness (QED) is 0.791. The zero-order valence-corrected chi connectivity index (χ0v) is 17.3. The van der Waals surface area contributed by atoms with E-state index in [0.717, 1.165) is 29.4 Å². The number of nitrogens with zero attached hydrogens (tertiary/aromatic N) is 3. The van der Waals surface area contributed by atoms with Crippen LogP contribution in [-0.2, 0) is 16.1 Å². The molecule has 9 heteroatoms. The highest BCUT2D eigenvalue weighted by molar-refractivity contribution is 7.99. The van der Waals surface area contributed by atoms with Crippen LogP contribution in [0.2, 0.25) is 0 Å². The molecule has 0 aliphatic carbocycles. The van der Waals surface area contributed by atoms with Gasteiger partial charge in [-0.3, -0.25) is 9.59 Å². The maximum Gasteiger partial charge on any atom is 0.322 e.